The molecule has 0 heterocycles. The highest BCUT2D eigenvalue weighted by molar-refractivity contribution is 5.79. The Hall–Kier alpha value is -1.66. The van der Waals surface area contributed by atoms with Crippen molar-refractivity contribution in [2.45, 2.75) is 26.3 Å². The van der Waals surface area contributed by atoms with Gasteiger partial charge in [0.1, 0.15) is 5.82 Å². The van der Waals surface area contributed by atoms with Crippen LogP contribution < -0.4 is 10.6 Å². The van der Waals surface area contributed by atoms with Crippen LogP contribution in [0.25, 0.3) is 0 Å². The number of likely N-dealkylation sites (N-methyl/N-ethyl adjacent to an activating group) is 1. The fourth-order valence-electron chi connectivity index (χ4n) is 2.33. The Morgan fingerprint density at radius 3 is 2.71 bits per heavy atom. The molecule has 0 bridgehead atoms. The van der Waals surface area contributed by atoms with Crippen molar-refractivity contribution >= 4 is 5.96 Å². The first kappa shape index (κ1) is 20.4. The number of hydrogen-bond acceptors (Lipinski definition) is 3. The molecular weight excluding hydrogens is 307 g/mol. The van der Waals surface area contributed by atoms with Crippen LogP contribution in [0.5, 0.6) is 0 Å². The first-order valence-electron chi connectivity index (χ1n) is 8.60. The van der Waals surface area contributed by atoms with Crippen molar-refractivity contribution in [2.24, 2.45) is 4.99 Å². The van der Waals surface area contributed by atoms with Crippen LogP contribution in [0.15, 0.2) is 29.3 Å². The second kappa shape index (κ2) is 11.8. The number of halogens is 1. The molecule has 2 N–H and O–H groups in total. The molecule has 0 aliphatic heterocycles. The molecule has 5 nitrogen and oxygen atoms in total. The number of rotatable bonds is 10. The van der Waals surface area contributed by atoms with E-state index in [2.05, 4.69) is 20.5 Å². The molecule has 136 valence electrons. The molecule has 1 aromatic rings. The molecule has 0 amide bonds. The zero-order valence-electron chi connectivity index (χ0n) is 15.3. The van der Waals surface area contributed by atoms with Gasteiger partial charge < -0.3 is 20.3 Å². The van der Waals surface area contributed by atoms with E-state index in [1.807, 2.05) is 34.0 Å². The van der Waals surface area contributed by atoms with E-state index in [0.717, 1.165) is 44.2 Å². The average molecular weight is 338 g/mol. The van der Waals surface area contributed by atoms with Crippen molar-refractivity contribution < 1.29 is 9.13 Å². The first-order valence-corrected chi connectivity index (χ1v) is 8.60. The third-order valence-electron chi connectivity index (χ3n) is 3.59. The molecule has 0 spiro atoms. The van der Waals surface area contributed by atoms with E-state index in [9.17, 15) is 4.39 Å². The highest BCUT2D eigenvalue weighted by Gasteiger charge is 2.14. The van der Waals surface area contributed by atoms with E-state index < -0.39 is 0 Å². The lowest BCUT2D eigenvalue weighted by atomic mass is 10.1. The minimum Gasteiger partial charge on any atom is -0.382 e. The van der Waals surface area contributed by atoms with Gasteiger partial charge in [-0.1, -0.05) is 12.1 Å². The topological polar surface area (TPSA) is 48.9 Å². The standard InChI is InChI=1S/C18H31FN4O/c1-5-20-18(21-11-8-12-24-6-2)22-14-17(23(3)4)15-9-7-10-16(19)13-15/h7,9-10,13,17H,5-6,8,11-12,14H2,1-4H3,(H2,20,21,22). The summed E-state index contributed by atoms with van der Waals surface area (Å²) in [5, 5.41) is 6.54. The Morgan fingerprint density at radius 1 is 1.29 bits per heavy atom. The predicted octanol–water partition coefficient (Wildman–Crippen LogP) is 2.41. The van der Waals surface area contributed by atoms with E-state index in [1.54, 1.807) is 12.1 Å². The van der Waals surface area contributed by atoms with Gasteiger partial charge >= 0.3 is 0 Å². The predicted molar refractivity (Wildman–Crippen MR) is 97.9 cm³/mol. The third kappa shape index (κ3) is 7.75. The van der Waals surface area contributed by atoms with E-state index in [-0.39, 0.29) is 11.9 Å². The lowest BCUT2D eigenvalue weighted by Gasteiger charge is -2.23. The smallest absolute Gasteiger partial charge is 0.191 e. The highest BCUT2D eigenvalue weighted by atomic mass is 19.1. The summed E-state index contributed by atoms with van der Waals surface area (Å²) in [4.78, 5) is 6.70. The van der Waals surface area contributed by atoms with Crippen molar-refractivity contribution in [3.63, 3.8) is 0 Å². The number of aliphatic imine (C=N–C) groups is 1. The van der Waals surface area contributed by atoms with Crippen molar-refractivity contribution in [1.29, 1.82) is 0 Å². The minimum absolute atomic E-state index is 0.0274. The van der Waals surface area contributed by atoms with Gasteiger partial charge in [-0.25, -0.2) is 4.39 Å². The Labute approximate surface area is 145 Å². The summed E-state index contributed by atoms with van der Waals surface area (Å²) >= 11 is 0. The molecule has 0 fully saturated rings. The minimum atomic E-state index is -0.218. The number of nitrogens with zero attached hydrogens (tertiary/aromatic N) is 2. The summed E-state index contributed by atoms with van der Waals surface area (Å²) < 4.78 is 18.8. The molecule has 1 unspecified atom stereocenters. The zero-order chi connectivity index (χ0) is 17.8. The van der Waals surface area contributed by atoms with Crippen LogP contribution in [0.4, 0.5) is 4.39 Å². The number of benzene rings is 1. The van der Waals surface area contributed by atoms with Crippen molar-refractivity contribution in [2.75, 3.05) is 46.9 Å². The van der Waals surface area contributed by atoms with Crippen LogP contribution in [0.1, 0.15) is 31.9 Å². The molecule has 24 heavy (non-hydrogen) atoms. The van der Waals surface area contributed by atoms with Gasteiger partial charge in [0.2, 0.25) is 0 Å². The van der Waals surface area contributed by atoms with Gasteiger partial charge in [0.05, 0.1) is 12.6 Å². The second-order valence-corrected chi connectivity index (χ2v) is 5.73. The van der Waals surface area contributed by atoms with Crippen LogP contribution in [0.2, 0.25) is 0 Å². The van der Waals surface area contributed by atoms with E-state index >= 15 is 0 Å². The number of hydrogen-bond donors (Lipinski definition) is 2. The van der Waals surface area contributed by atoms with Gasteiger partial charge in [-0.3, -0.25) is 4.99 Å². The molecule has 0 saturated heterocycles. The molecule has 6 heteroatoms. The van der Waals surface area contributed by atoms with Crippen molar-refractivity contribution in [3.8, 4) is 0 Å². The van der Waals surface area contributed by atoms with Crippen molar-refractivity contribution in [3.05, 3.63) is 35.6 Å². The second-order valence-electron chi connectivity index (χ2n) is 5.73. The molecule has 0 saturated carbocycles. The molecule has 1 atom stereocenters. The maximum Gasteiger partial charge on any atom is 0.191 e. The zero-order valence-corrected chi connectivity index (χ0v) is 15.3. The largest absolute Gasteiger partial charge is 0.382 e. The molecule has 1 rings (SSSR count). The Morgan fingerprint density at radius 2 is 2.08 bits per heavy atom. The number of guanidine groups is 1. The lowest BCUT2D eigenvalue weighted by Crippen LogP contribution is -2.38. The summed E-state index contributed by atoms with van der Waals surface area (Å²) in [6, 6.07) is 6.74. The summed E-state index contributed by atoms with van der Waals surface area (Å²) in [5.74, 6) is 0.557. The fraction of sp³-hybridized carbons (Fsp3) is 0.611. The Bertz CT molecular complexity index is 494. The van der Waals surface area contributed by atoms with Crippen LogP contribution in [0, 0.1) is 5.82 Å². The summed E-state index contributed by atoms with van der Waals surface area (Å²) in [6.45, 7) is 7.67. The molecule has 0 aromatic heterocycles. The Balaban J connectivity index is 2.66. The van der Waals surface area contributed by atoms with E-state index in [1.165, 1.54) is 6.07 Å². The molecule has 0 aliphatic carbocycles. The molecular formula is C18H31FN4O. The maximum absolute atomic E-state index is 13.5. The average Bonchev–Trinajstić information content (AvgIpc) is 2.54. The van der Waals surface area contributed by atoms with Gasteiger partial charge in [0, 0.05) is 26.3 Å². The van der Waals surface area contributed by atoms with E-state index in [0.29, 0.717) is 6.54 Å². The van der Waals surface area contributed by atoms with Crippen LogP contribution in [0.3, 0.4) is 0 Å². The van der Waals surface area contributed by atoms with Gasteiger partial charge in [-0.15, -0.1) is 0 Å². The SMILES string of the molecule is CCNC(=NCC(c1cccc(F)c1)N(C)C)NCCCOCC. The normalized spacial score (nSPS) is 13.2. The summed E-state index contributed by atoms with van der Waals surface area (Å²) in [5.41, 5.74) is 0.927. The van der Waals surface area contributed by atoms with E-state index in [4.69, 9.17) is 4.74 Å². The van der Waals surface area contributed by atoms with Crippen LogP contribution in [-0.4, -0.2) is 57.8 Å². The lowest BCUT2D eigenvalue weighted by molar-refractivity contribution is 0.145. The Kier molecular flexibility index (Phi) is 10.0. The first-order chi connectivity index (χ1) is 11.6. The summed E-state index contributed by atoms with van der Waals surface area (Å²) in [6.07, 6.45) is 0.930. The maximum atomic E-state index is 13.5. The van der Waals surface area contributed by atoms with Crippen LogP contribution >= 0.6 is 0 Å². The molecule has 1 aromatic carbocycles. The van der Waals surface area contributed by atoms with Crippen LogP contribution in [-0.2, 0) is 4.74 Å². The van der Waals surface area contributed by atoms with Crippen molar-refractivity contribution in [1.82, 2.24) is 15.5 Å². The fourth-order valence-corrected chi connectivity index (χ4v) is 2.33. The molecule has 0 radical (unpaired) electrons. The third-order valence-corrected chi connectivity index (χ3v) is 3.59. The number of ether oxygens (including phenoxy) is 1. The molecule has 0 aliphatic rings. The van der Waals surface area contributed by atoms with Gasteiger partial charge in [0.25, 0.3) is 0 Å². The summed E-state index contributed by atoms with van der Waals surface area (Å²) in [7, 11) is 3.96. The van der Waals surface area contributed by atoms with Gasteiger partial charge in [-0.05, 0) is 52.1 Å². The quantitative estimate of drug-likeness (QED) is 0.391. The monoisotopic (exact) mass is 338 g/mol. The highest BCUT2D eigenvalue weighted by Crippen LogP contribution is 2.19. The number of nitrogens with one attached hydrogen (secondary N) is 2. The van der Waals surface area contributed by atoms with Gasteiger partial charge in [-0.2, -0.15) is 0 Å². The van der Waals surface area contributed by atoms with Gasteiger partial charge in [0.15, 0.2) is 5.96 Å².